The standard InChI is InChI=1S/C18H20FNO6S/c1-20(2)27(22,23)17-10-13(6-8-16(17)25-4)18(21)26-11-12-5-7-15(24-3)14(19)9-12/h5-10H,11H2,1-4H3. The summed E-state index contributed by atoms with van der Waals surface area (Å²) in [6.45, 7) is -0.179. The zero-order valence-electron chi connectivity index (χ0n) is 15.4. The van der Waals surface area contributed by atoms with E-state index in [-0.39, 0.29) is 28.6 Å². The highest BCUT2D eigenvalue weighted by atomic mass is 32.2. The van der Waals surface area contributed by atoms with Gasteiger partial charge in [0.15, 0.2) is 11.6 Å². The Hall–Kier alpha value is -2.65. The smallest absolute Gasteiger partial charge is 0.338 e. The summed E-state index contributed by atoms with van der Waals surface area (Å²) in [7, 11) is 1.61. The van der Waals surface area contributed by atoms with Gasteiger partial charge < -0.3 is 14.2 Å². The summed E-state index contributed by atoms with van der Waals surface area (Å²) in [6.07, 6.45) is 0. The van der Waals surface area contributed by atoms with Crippen molar-refractivity contribution in [2.24, 2.45) is 0 Å². The third-order valence-corrected chi connectivity index (χ3v) is 5.58. The van der Waals surface area contributed by atoms with E-state index >= 15 is 0 Å². The molecule has 0 aliphatic carbocycles. The third kappa shape index (κ3) is 4.55. The van der Waals surface area contributed by atoms with Gasteiger partial charge in [0, 0.05) is 14.1 Å². The van der Waals surface area contributed by atoms with E-state index in [4.69, 9.17) is 14.2 Å². The Balaban J connectivity index is 2.23. The molecule has 146 valence electrons. The Kier molecular flexibility index (Phi) is 6.40. The van der Waals surface area contributed by atoms with E-state index in [1.807, 2.05) is 0 Å². The van der Waals surface area contributed by atoms with Crippen molar-refractivity contribution in [3.63, 3.8) is 0 Å². The maximum atomic E-state index is 13.7. The molecule has 2 rings (SSSR count). The minimum absolute atomic E-state index is 0.0326. The summed E-state index contributed by atoms with van der Waals surface area (Å²) in [6, 6.07) is 8.14. The molecule has 0 fully saturated rings. The average Bonchev–Trinajstić information content (AvgIpc) is 2.65. The summed E-state index contributed by atoms with van der Waals surface area (Å²) in [4.78, 5) is 12.1. The molecule has 2 aromatic rings. The Bertz CT molecular complexity index is 943. The van der Waals surface area contributed by atoms with Crippen LogP contribution in [-0.2, 0) is 21.4 Å². The van der Waals surface area contributed by atoms with E-state index < -0.39 is 21.8 Å². The van der Waals surface area contributed by atoms with Crippen LogP contribution in [0.4, 0.5) is 4.39 Å². The van der Waals surface area contributed by atoms with Crippen molar-refractivity contribution in [2.45, 2.75) is 11.5 Å². The molecule has 0 aromatic heterocycles. The molecule has 0 amide bonds. The van der Waals surface area contributed by atoms with Crippen LogP contribution >= 0.6 is 0 Å². The SMILES string of the molecule is COc1ccc(COC(=O)c2ccc(OC)c(S(=O)(=O)N(C)C)c2)cc1F. The number of esters is 1. The summed E-state index contributed by atoms with van der Waals surface area (Å²) in [5.74, 6) is -1.13. The van der Waals surface area contributed by atoms with E-state index in [0.29, 0.717) is 5.56 Å². The van der Waals surface area contributed by atoms with Gasteiger partial charge in [0.1, 0.15) is 17.3 Å². The molecule has 9 heteroatoms. The van der Waals surface area contributed by atoms with Crippen LogP contribution in [0.1, 0.15) is 15.9 Å². The minimum Gasteiger partial charge on any atom is -0.495 e. The molecule has 0 saturated heterocycles. The molecule has 27 heavy (non-hydrogen) atoms. The van der Waals surface area contributed by atoms with Crippen LogP contribution in [0, 0.1) is 5.82 Å². The molecule has 0 N–H and O–H groups in total. The van der Waals surface area contributed by atoms with Crippen LogP contribution in [0.3, 0.4) is 0 Å². The highest BCUT2D eigenvalue weighted by Gasteiger charge is 2.24. The van der Waals surface area contributed by atoms with E-state index in [2.05, 4.69) is 0 Å². The lowest BCUT2D eigenvalue weighted by Gasteiger charge is -2.15. The first kappa shape index (κ1) is 20.7. The monoisotopic (exact) mass is 397 g/mol. The molecule has 0 saturated carbocycles. The number of nitrogens with zero attached hydrogens (tertiary/aromatic N) is 1. The quantitative estimate of drug-likeness (QED) is 0.668. The highest BCUT2D eigenvalue weighted by molar-refractivity contribution is 7.89. The van der Waals surface area contributed by atoms with Gasteiger partial charge >= 0.3 is 5.97 Å². The second kappa shape index (κ2) is 8.36. The molecule has 0 radical (unpaired) electrons. The number of benzene rings is 2. The highest BCUT2D eigenvalue weighted by Crippen LogP contribution is 2.27. The Labute approximate surface area is 157 Å². The number of hydrogen-bond acceptors (Lipinski definition) is 6. The van der Waals surface area contributed by atoms with Gasteiger partial charge in [-0.3, -0.25) is 0 Å². The van der Waals surface area contributed by atoms with Gasteiger partial charge in [-0.25, -0.2) is 21.9 Å². The van der Waals surface area contributed by atoms with Crippen molar-refractivity contribution in [2.75, 3.05) is 28.3 Å². The normalized spacial score (nSPS) is 11.3. The predicted molar refractivity (Wildman–Crippen MR) is 95.9 cm³/mol. The fourth-order valence-electron chi connectivity index (χ4n) is 2.23. The first-order valence-electron chi connectivity index (χ1n) is 7.80. The van der Waals surface area contributed by atoms with Crippen LogP contribution in [0.15, 0.2) is 41.3 Å². The van der Waals surface area contributed by atoms with Gasteiger partial charge in [-0.05, 0) is 35.9 Å². The fourth-order valence-corrected chi connectivity index (χ4v) is 3.31. The summed E-state index contributed by atoms with van der Waals surface area (Å²) in [5.41, 5.74) is 0.460. The lowest BCUT2D eigenvalue weighted by molar-refractivity contribution is 0.0472. The Morgan fingerprint density at radius 3 is 2.22 bits per heavy atom. The second-order valence-electron chi connectivity index (χ2n) is 5.70. The van der Waals surface area contributed by atoms with Crippen molar-refractivity contribution in [3.8, 4) is 11.5 Å². The van der Waals surface area contributed by atoms with Crippen molar-refractivity contribution >= 4 is 16.0 Å². The van der Waals surface area contributed by atoms with Crippen LogP contribution in [0.25, 0.3) is 0 Å². The Morgan fingerprint density at radius 1 is 1.04 bits per heavy atom. The van der Waals surface area contributed by atoms with Crippen LogP contribution in [-0.4, -0.2) is 47.0 Å². The zero-order valence-corrected chi connectivity index (χ0v) is 16.2. The van der Waals surface area contributed by atoms with Crippen molar-refractivity contribution in [1.29, 1.82) is 0 Å². The van der Waals surface area contributed by atoms with Gasteiger partial charge in [-0.15, -0.1) is 0 Å². The number of carbonyl (C=O) groups excluding carboxylic acids is 1. The lowest BCUT2D eigenvalue weighted by atomic mass is 10.2. The number of halogens is 1. The summed E-state index contributed by atoms with van der Waals surface area (Å²) >= 11 is 0. The second-order valence-corrected chi connectivity index (χ2v) is 7.82. The van der Waals surface area contributed by atoms with Gasteiger partial charge in [-0.1, -0.05) is 6.07 Å². The number of ether oxygens (including phenoxy) is 3. The molecule has 0 spiro atoms. The third-order valence-electron chi connectivity index (χ3n) is 3.74. The number of sulfonamides is 1. The molecule has 7 nitrogen and oxygen atoms in total. The lowest BCUT2D eigenvalue weighted by Crippen LogP contribution is -2.23. The average molecular weight is 397 g/mol. The summed E-state index contributed by atoms with van der Waals surface area (Å²) in [5, 5.41) is 0. The molecule has 0 aliphatic rings. The molecule has 0 heterocycles. The summed E-state index contributed by atoms with van der Waals surface area (Å²) < 4.78 is 54.6. The first-order chi connectivity index (χ1) is 12.7. The maximum absolute atomic E-state index is 13.7. The Morgan fingerprint density at radius 2 is 1.67 bits per heavy atom. The molecular formula is C18H20FNO6S. The van der Waals surface area contributed by atoms with E-state index in [1.54, 1.807) is 6.07 Å². The molecule has 0 unspecified atom stereocenters. The number of methoxy groups -OCH3 is 2. The van der Waals surface area contributed by atoms with Crippen LogP contribution in [0.5, 0.6) is 11.5 Å². The van der Waals surface area contributed by atoms with Crippen LogP contribution in [0.2, 0.25) is 0 Å². The van der Waals surface area contributed by atoms with Gasteiger partial charge in [-0.2, -0.15) is 0 Å². The zero-order chi connectivity index (χ0) is 20.2. The molecular weight excluding hydrogens is 377 g/mol. The van der Waals surface area contributed by atoms with Crippen molar-refractivity contribution in [3.05, 3.63) is 53.3 Å². The van der Waals surface area contributed by atoms with Gasteiger partial charge in [0.25, 0.3) is 0 Å². The topological polar surface area (TPSA) is 82.1 Å². The molecule has 0 bridgehead atoms. The molecule has 2 aromatic carbocycles. The molecule has 0 aliphatic heterocycles. The van der Waals surface area contributed by atoms with Gasteiger partial charge in [0.05, 0.1) is 19.8 Å². The van der Waals surface area contributed by atoms with Crippen molar-refractivity contribution < 1.29 is 31.8 Å². The number of carbonyl (C=O) groups is 1. The fraction of sp³-hybridized carbons (Fsp3) is 0.278. The van der Waals surface area contributed by atoms with Crippen molar-refractivity contribution in [1.82, 2.24) is 4.31 Å². The number of hydrogen-bond donors (Lipinski definition) is 0. The van der Waals surface area contributed by atoms with Crippen LogP contribution < -0.4 is 9.47 Å². The maximum Gasteiger partial charge on any atom is 0.338 e. The first-order valence-corrected chi connectivity index (χ1v) is 9.24. The van der Waals surface area contributed by atoms with E-state index in [9.17, 15) is 17.6 Å². The van der Waals surface area contributed by atoms with E-state index in [0.717, 1.165) is 4.31 Å². The minimum atomic E-state index is -3.82. The number of rotatable bonds is 7. The predicted octanol–water partition coefficient (Wildman–Crippen LogP) is 2.45. The van der Waals surface area contributed by atoms with Gasteiger partial charge in [0.2, 0.25) is 10.0 Å². The van der Waals surface area contributed by atoms with E-state index in [1.165, 1.54) is 58.6 Å². The molecule has 0 atom stereocenters. The largest absolute Gasteiger partial charge is 0.495 e.